The SMILES string of the molecule is Cc1cnn(C[C@H]2CCCN2C(=O)CCNc2ncccn2)c1. The molecule has 1 aliphatic heterocycles. The number of amides is 1. The van der Waals surface area contributed by atoms with E-state index in [0.29, 0.717) is 18.9 Å². The number of anilines is 1. The minimum atomic E-state index is 0.180. The van der Waals surface area contributed by atoms with E-state index in [9.17, 15) is 4.79 Å². The van der Waals surface area contributed by atoms with Gasteiger partial charge in [0.2, 0.25) is 11.9 Å². The fourth-order valence-electron chi connectivity index (χ4n) is 2.95. The van der Waals surface area contributed by atoms with Gasteiger partial charge in [-0.2, -0.15) is 5.10 Å². The predicted octanol–water partition coefficient (Wildman–Crippen LogP) is 1.47. The van der Waals surface area contributed by atoms with E-state index in [0.717, 1.165) is 31.5 Å². The van der Waals surface area contributed by atoms with Crippen LogP contribution in [0.25, 0.3) is 0 Å². The Balaban J connectivity index is 1.49. The highest BCUT2D eigenvalue weighted by atomic mass is 16.2. The number of hydrogen-bond donors (Lipinski definition) is 1. The molecule has 3 heterocycles. The van der Waals surface area contributed by atoms with Crippen LogP contribution in [0.1, 0.15) is 24.8 Å². The van der Waals surface area contributed by atoms with Crippen LogP contribution in [0.2, 0.25) is 0 Å². The monoisotopic (exact) mass is 314 g/mol. The lowest BCUT2D eigenvalue weighted by molar-refractivity contribution is -0.131. The van der Waals surface area contributed by atoms with Crippen LogP contribution in [-0.2, 0) is 11.3 Å². The Hall–Kier alpha value is -2.44. The molecule has 0 aliphatic carbocycles. The summed E-state index contributed by atoms with van der Waals surface area (Å²) in [5.41, 5.74) is 1.15. The number of rotatable bonds is 6. The zero-order valence-corrected chi connectivity index (χ0v) is 13.4. The number of nitrogens with one attached hydrogen (secondary N) is 1. The second-order valence-electron chi connectivity index (χ2n) is 5.87. The number of aryl methyl sites for hydroxylation is 1. The molecule has 0 bridgehead atoms. The molecule has 2 aromatic heterocycles. The first kappa shape index (κ1) is 15.5. The quantitative estimate of drug-likeness (QED) is 0.874. The van der Waals surface area contributed by atoms with Crippen molar-refractivity contribution in [3.63, 3.8) is 0 Å². The van der Waals surface area contributed by atoms with Crippen LogP contribution in [-0.4, -0.2) is 49.7 Å². The van der Waals surface area contributed by atoms with Crippen LogP contribution >= 0.6 is 0 Å². The first-order valence-electron chi connectivity index (χ1n) is 8.02. The standard InChI is InChI=1S/C16H22N6O/c1-13-10-20-21(11-13)12-14-4-2-9-22(14)15(23)5-8-19-16-17-6-3-7-18-16/h3,6-7,10-11,14H,2,4-5,8-9,12H2,1H3,(H,17,18,19)/t14-/m1/s1. The van der Waals surface area contributed by atoms with Gasteiger partial charge in [0.1, 0.15) is 0 Å². The van der Waals surface area contributed by atoms with Crippen LogP contribution in [0.15, 0.2) is 30.9 Å². The minimum absolute atomic E-state index is 0.180. The molecule has 3 rings (SSSR count). The van der Waals surface area contributed by atoms with Crippen molar-refractivity contribution < 1.29 is 4.79 Å². The average Bonchev–Trinajstić information content (AvgIpc) is 3.18. The van der Waals surface area contributed by atoms with Crippen molar-refractivity contribution in [3.05, 3.63) is 36.4 Å². The van der Waals surface area contributed by atoms with Crippen molar-refractivity contribution in [3.8, 4) is 0 Å². The van der Waals surface area contributed by atoms with Gasteiger partial charge in [0.15, 0.2) is 0 Å². The van der Waals surface area contributed by atoms with Crippen molar-refractivity contribution in [1.29, 1.82) is 0 Å². The largest absolute Gasteiger partial charge is 0.354 e. The third-order valence-electron chi connectivity index (χ3n) is 4.05. The molecular formula is C16H22N6O. The van der Waals surface area contributed by atoms with Gasteiger partial charge in [-0.15, -0.1) is 0 Å². The molecule has 2 aromatic rings. The third kappa shape index (κ3) is 4.06. The number of aromatic nitrogens is 4. The Morgan fingerprint density at radius 1 is 1.39 bits per heavy atom. The number of hydrogen-bond acceptors (Lipinski definition) is 5. The maximum absolute atomic E-state index is 12.5. The van der Waals surface area contributed by atoms with Gasteiger partial charge in [-0.05, 0) is 31.4 Å². The van der Waals surface area contributed by atoms with E-state index in [2.05, 4.69) is 20.4 Å². The Bertz CT molecular complexity index is 641. The zero-order chi connectivity index (χ0) is 16.1. The summed E-state index contributed by atoms with van der Waals surface area (Å²) in [5, 5.41) is 7.40. The smallest absolute Gasteiger partial charge is 0.224 e. The summed E-state index contributed by atoms with van der Waals surface area (Å²) in [6.45, 7) is 4.19. The molecule has 0 spiro atoms. The number of carbonyl (C=O) groups excluding carboxylic acids is 1. The van der Waals surface area contributed by atoms with Crippen LogP contribution in [0.3, 0.4) is 0 Å². The molecule has 0 aromatic carbocycles. The fraction of sp³-hybridized carbons (Fsp3) is 0.500. The van der Waals surface area contributed by atoms with E-state index < -0.39 is 0 Å². The fourth-order valence-corrected chi connectivity index (χ4v) is 2.95. The van der Waals surface area contributed by atoms with Crippen molar-refractivity contribution in [2.45, 2.75) is 38.8 Å². The van der Waals surface area contributed by atoms with Crippen molar-refractivity contribution in [2.24, 2.45) is 0 Å². The number of likely N-dealkylation sites (tertiary alicyclic amines) is 1. The molecule has 1 aliphatic rings. The summed E-state index contributed by atoms with van der Waals surface area (Å²) in [6, 6.07) is 2.01. The normalized spacial score (nSPS) is 17.4. The summed E-state index contributed by atoms with van der Waals surface area (Å²) in [4.78, 5) is 22.6. The summed E-state index contributed by atoms with van der Waals surface area (Å²) >= 11 is 0. The highest BCUT2D eigenvalue weighted by Gasteiger charge is 2.28. The number of carbonyl (C=O) groups is 1. The second kappa shape index (κ2) is 7.21. The molecule has 23 heavy (non-hydrogen) atoms. The molecule has 7 nitrogen and oxygen atoms in total. The first-order chi connectivity index (χ1) is 11.2. The molecular weight excluding hydrogens is 292 g/mol. The van der Waals surface area contributed by atoms with Gasteiger partial charge in [0, 0.05) is 38.1 Å². The molecule has 1 atom stereocenters. The maximum Gasteiger partial charge on any atom is 0.224 e. The summed E-state index contributed by atoms with van der Waals surface area (Å²) in [7, 11) is 0. The Morgan fingerprint density at radius 2 is 2.22 bits per heavy atom. The molecule has 122 valence electrons. The van der Waals surface area contributed by atoms with E-state index in [1.807, 2.05) is 28.9 Å². The van der Waals surface area contributed by atoms with Gasteiger partial charge < -0.3 is 10.2 Å². The summed E-state index contributed by atoms with van der Waals surface area (Å²) in [6.07, 6.45) is 9.79. The van der Waals surface area contributed by atoms with E-state index in [1.54, 1.807) is 18.5 Å². The molecule has 0 radical (unpaired) electrons. The molecule has 1 fully saturated rings. The van der Waals surface area contributed by atoms with Gasteiger partial charge in [-0.1, -0.05) is 0 Å². The summed E-state index contributed by atoms with van der Waals surface area (Å²) < 4.78 is 1.93. The van der Waals surface area contributed by atoms with Gasteiger partial charge in [0.05, 0.1) is 18.8 Å². The molecule has 0 unspecified atom stereocenters. The highest BCUT2D eigenvalue weighted by Crippen LogP contribution is 2.20. The van der Waals surface area contributed by atoms with E-state index in [1.165, 1.54) is 0 Å². The third-order valence-corrected chi connectivity index (χ3v) is 4.05. The van der Waals surface area contributed by atoms with E-state index in [4.69, 9.17) is 0 Å². The van der Waals surface area contributed by atoms with Crippen molar-refractivity contribution in [1.82, 2.24) is 24.6 Å². The zero-order valence-electron chi connectivity index (χ0n) is 13.4. The molecule has 7 heteroatoms. The van der Waals surface area contributed by atoms with Crippen LogP contribution < -0.4 is 5.32 Å². The Morgan fingerprint density at radius 3 is 2.96 bits per heavy atom. The maximum atomic E-state index is 12.5. The van der Waals surface area contributed by atoms with Crippen LogP contribution in [0.4, 0.5) is 5.95 Å². The van der Waals surface area contributed by atoms with Gasteiger partial charge in [0.25, 0.3) is 0 Å². The second-order valence-corrected chi connectivity index (χ2v) is 5.87. The lowest BCUT2D eigenvalue weighted by atomic mass is 10.2. The molecule has 1 amide bonds. The molecule has 1 N–H and O–H groups in total. The lowest BCUT2D eigenvalue weighted by Gasteiger charge is -2.24. The molecule has 0 saturated carbocycles. The summed E-state index contributed by atoms with van der Waals surface area (Å²) in [5.74, 6) is 0.741. The Kier molecular flexibility index (Phi) is 4.85. The van der Waals surface area contributed by atoms with Crippen molar-refractivity contribution >= 4 is 11.9 Å². The van der Waals surface area contributed by atoms with E-state index in [-0.39, 0.29) is 11.9 Å². The van der Waals surface area contributed by atoms with Crippen LogP contribution in [0.5, 0.6) is 0 Å². The Labute approximate surface area is 135 Å². The van der Waals surface area contributed by atoms with Crippen molar-refractivity contribution in [2.75, 3.05) is 18.4 Å². The number of nitrogens with zero attached hydrogens (tertiary/aromatic N) is 5. The average molecular weight is 314 g/mol. The molecule has 1 saturated heterocycles. The van der Waals surface area contributed by atoms with Crippen LogP contribution in [0, 0.1) is 6.92 Å². The van der Waals surface area contributed by atoms with Gasteiger partial charge >= 0.3 is 0 Å². The minimum Gasteiger partial charge on any atom is -0.354 e. The highest BCUT2D eigenvalue weighted by molar-refractivity contribution is 5.77. The lowest BCUT2D eigenvalue weighted by Crippen LogP contribution is -2.38. The predicted molar refractivity (Wildman–Crippen MR) is 86.8 cm³/mol. The van der Waals surface area contributed by atoms with Gasteiger partial charge in [-0.25, -0.2) is 9.97 Å². The van der Waals surface area contributed by atoms with E-state index >= 15 is 0 Å². The topological polar surface area (TPSA) is 75.9 Å². The first-order valence-corrected chi connectivity index (χ1v) is 8.02. The van der Waals surface area contributed by atoms with Gasteiger partial charge in [-0.3, -0.25) is 9.48 Å².